The first-order valence-corrected chi connectivity index (χ1v) is 8.50. The molecule has 1 aromatic heterocycles. The van der Waals surface area contributed by atoms with Crippen molar-refractivity contribution in [3.8, 4) is 11.8 Å². The minimum Gasteiger partial charge on any atom is -0.497 e. The summed E-state index contributed by atoms with van der Waals surface area (Å²) >= 11 is 0. The van der Waals surface area contributed by atoms with E-state index in [0.717, 1.165) is 29.7 Å². The topological polar surface area (TPSA) is 64.5 Å². The lowest BCUT2D eigenvalue weighted by Crippen LogP contribution is -2.42. The number of amides is 1. The predicted molar refractivity (Wildman–Crippen MR) is 93.7 cm³/mol. The van der Waals surface area contributed by atoms with E-state index in [0.29, 0.717) is 25.5 Å². The molecule has 2 heterocycles. The summed E-state index contributed by atoms with van der Waals surface area (Å²) in [4.78, 5) is 22.7. The molecule has 0 aliphatic carbocycles. The van der Waals surface area contributed by atoms with Crippen molar-refractivity contribution in [2.24, 2.45) is 0 Å². The number of aromatic nitrogens is 2. The van der Waals surface area contributed by atoms with Crippen LogP contribution in [-0.4, -0.2) is 47.1 Å². The molecule has 0 unspecified atom stereocenters. The van der Waals surface area contributed by atoms with Gasteiger partial charge in [-0.3, -0.25) is 4.79 Å². The maximum Gasteiger partial charge on any atom is 0.316 e. The van der Waals surface area contributed by atoms with E-state index in [9.17, 15) is 4.79 Å². The smallest absolute Gasteiger partial charge is 0.316 e. The summed E-state index contributed by atoms with van der Waals surface area (Å²) in [5.74, 6) is 0.911. The van der Waals surface area contributed by atoms with Crippen LogP contribution in [0.2, 0.25) is 0 Å². The molecule has 1 aromatic carbocycles. The molecule has 2 aromatic rings. The molecule has 1 amide bonds. The molecule has 6 nitrogen and oxygen atoms in total. The van der Waals surface area contributed by atoms with Crippen molar-refractivity contribution in [3.05, 3.63) is 47.8 Å². The number of benzene rings is 1. The summed E-state index contributed by atoms with van der Waals surface area (Å²) in [7, 11) is 1.63. The van der Waals surface area contributed by atoms with Crippen molar-refractivity contribution in [3.63, 3.8) is 0 Å². The third-order valence-corrected chi connectivity index (χ3v) is 4.31. The molecule has 0 bridgehead atoms. The molecular formula is C19H23N3O3. The molecule has 1 aliphatic rings. The van der Waals surface area contributed by atoms with Crippen LogP contribution < -0.4 is 9.47 Å². The summed E-state index contributed by atoms with van der Waals surface area (Å²) < 4.78 is 11.0. The lowest BCUT2D eigenvalue weighted by molar-refractivity contribution is -0.132. The van der Waals surface area contributed by atoms with E-state index in [4.69, 9.17) is 9.47 Å². The molecule has 1 saturated heterocycles. The molecule has 25 heavy (non-hydrogen) atoms. The first-order valence-electron chi connectivity index (χ1n) is 8.50. The fourth-order valence-electron chi connectivity index (χ4n) is 2.88. The van der Waals surface area contributed by atoms with Crippen molar-refractivity contribution < 1.29 is 14.3 Å². The quantitative estimate of drug-likeness (QED) is 0.836. The second kappa shape index (κ2) is 7.96. The normalized spacial score (nSPS) is 15.0. The Morgan fingerprint density at radius 3 is 2.64 bits per heavy atom. The number of aryl methyl sites for hydroxylation is 1. The third kappa shape index (κ3) is 4.68. The van der Waals surface area contributed by atoms with Gasteiger partial charge in [0.2, 0.25) is 5.91 Å². The number of piperidine rings is 1. The van der Waals surface area contributed by atoms with Crippen LogP contribution in [0.1, 0.15) is 24.0 Å². The van der Waals surface area contributed by atoms with Crippen molar-refractivity contribution in [1.82, 2.24) is 14.9 Å². The Morgan fingerprint density at radius 1 is 1.24 bits per heavy atom. The Labute approximate surface area is 147 Å². The Hall–Kier alpha value is -2.63. The van der Waals surface area contributed by atoms with E-state index in [-0.39, 0.29) is 12.0 Å². The number of likely N-dealkylation sites (tertiary alicyclic amines) is 1. The van der Waals surface area contributed by atoms with E-state index < -0.39 is 0 Å². The Morgan fingerprint density at radius 2 is 1.96 bits per heavy atom. The SMILES string of the molecule is COc1cccc(CC(=O)N2CCC(Oc3ncc(C)cn3)CC2)c1. The number of rotatable bonds is 5. The van der Waals surface area contributed by atoms with Gasteiger partial charge in [-0.1, -0.05) is 12.1 Å². The summed E-state index contributed by atoms with van der Waals surface area (Å²) in [5, 5.41) is 0. The molecule has 0 spiro atoms. The van der Waals surface area contributed by atoms with Crippen LogP contribution in [0.4, 0.5) is 0 Å². The maximum atomic E-state index is 12.5. The van der Waals surface area contributed by atoms with Crippen LogP contribution in [0.3, 0.4) is 0 Å². The highest BCUT2D eigenvalue weighted by atomic mass is 16.5. The lowest BCUT2D eigenvalue weighted by Gasteiger charge is -2.31. The second-order valence-corrected chi connectivity index (χ2v) is 6.27. The molecule has 1 aliphatic heterocycles. The largest absolute Gasteiger partial charge is 0.497 e. The van der Waals surface area contributed by atoms with E-state index >= 15 is 0 Å². The maximum absolute atomic E-state index is 12.5. The Bertz CT molecular complexity index is 710. The van der Waals surface area contributed by atoms with Gasteiger partial charge in [-0.25, -0.2) is 9.97 Å². The minimum atomic E-state index is 0.0589. The van der Waals surface area contributed by atoms with Crippen LogP contribution in [0, 0.1) is 6.92 Å². The van der Waals surface area contributed by atoms with E-state index in [1.54, 1.807) is 19.5 Å². The Balaban J connectivity index is 1.49. The third-order valence-electron chi connectivity index (χ3n) is 4.31. The van der Waals surface area contributed by atoms with Gasteiger partial charge in [-0.05, 0) is 30.2 Å². The zero-order valence-electron chi connectivity index (χ0n) is 14.6. The molecule has 0 atom stereocenters. The average Bonchev–Trinajstić information content (AvgIpc) is 2.64. The number of hydrogen-bond donors (Lipinski definition) is 0. The van der Waals surface area contributed by atoms with Gasteiger partial charge in [-0.15, -0.1) is 0 Å². The fraction of sp³-hybridized carbons (Fsp3) is 0.421. The molecule has 0 N–H and O–H groups in total. The first-order chi connectivity index (χ1) is 12.1. The average molecular weight is 341 g/mol. The number of ether oxygens (including phenoxy) is 2. The van der Waals surface area contributed by atoms with Crippen LogP contribution >= 0.6 is 0 Å². The van der Waals surface area contributed by atoms with Crippen molar-refractivity contribution >= 4 is 5.91 Å². The van der Waals surface area contributed by atoms with Crippen molar-refractivity contribution in [2.45, 2.75) is 32.3 Å². The van der Waals surface area contributed by atoms with Gasteiger partial charge < -0.3 is 14.4 Å². The summed E-state index contributed by atoms with van der Waals surface area (Å²) in [6, 6.07) is 8.05. The van der Waals surface area contributed by atoms with Gasteiger partial charge in [-0.2, -0.15) is 0 Å². The second-order valence-electron chi connectivity index (χ2n) is 6.27. The minimum absolute atomic E-state index is 0.0589. The number of hydrogen-bond acceptors (Lipinski definition) is 5. The summed E-state index contributed by atoms with van der Waals surface area (Å²) in [6.07, 6.45) is 5.53. The molecule has 3 rings (SSSR count). The molecule has 0 radical (unpaired) electrons. The molecule has 0 saturated carbocycles. The summed E-state index contributed by atoms with van der Waals surface area (Å²) in [5.41, 5.74) is 1.97. The lowest BCUT2D eigenvalue weighted by atomic mass is 10.1. The first kappa shape index (κ1) is 17.2. The van der Waals surface area contributed by atoms with Gasteiger partial charge >= 0.3 is 6.01 Å². The van der Waals surface area contributed by atoms with Gasteiger partial charge in [0.1, 0.15) is 11.9 Å². The van der Waals surface area contributed by atoms with Crippen LogP contribution in [0.15, 0.2) is 36.7 Å². The number of nitrogens with zero attached hydrogens (tertiary/aromatic N) is 3. The highest BCUT2D eigenvalue weighted by Crippen LogP contribution is 2.18. The van der Waals surface area contributed by atoms with E-state index in [2.05, 4.69) is 9.97 Å². The highest BCUT2D eigenvalue weighted by Gasteiger charge is 2.24. The molecule has 6 heteroatoms. The van der Waals surface area contributed by atoms with Gasteiger partial charge in [0.05, 0.1) is 13.5 Å². The standard InChI is InChI=1S/C19H23N3O3/c1-14-12-20-19(21-13-14)25-16-6-8-22(9-7-16)18(23)11-15-4-3-5-17(10-15)24-2/h3-5,10,12-13,16H,6-9,11H2,1-2H3. The molecule has 132 valence electrons. The molecular weight excluding hydrogens is 318 g/mol. The number of carbonyl (C=O) groups excluding carboxylic acids is 1. The Kier molecular flexibility index (Phi) is 5.48. The van der Waals surface area contributed by atoms with Crippen molar-refractivity contribution in [1.29, 1.82) is 0 Å². The van der Waals surface area contributed by atoms with Crippen LogP contribution in [0.25, 0.3) is 0 Å². The number of methoxy groups -OCH3 is 1. The van der Waals surface area contributed by atoms with E-state index in [1.165, 1.54) is 0 Å². The zero-order valence-corrected chi connectivity index (χ0v) is 14.6. The highest BCUT2D eigenvalue weighted by molar-refractivity contribution is 5.79. The fourth-order valence-corrected chi connectivity index (χ4v) is 2.88. The van der Waals surface area contributed by atoms with Gasteiger partial charge in [0.15, 0.2) is 0 Å². The summed E-state index contributed by atoms with van der Waals surface area (Å²) in [6.45, 7) is 3.33. The van der Waals surface area contributed by atoms with Crippen LogP contribution in [0.5, 0.6) is 11.8 Å². The number of carbonyl (C=O) groups is 1. The van der Waals surface area contributed by atoms with Crippen LogP contribution in [-0.2, 0) is 11.2 Å². The van der Waals surface area contributed by atoms with Crippen molar-refractivity contribution in [2.75, 3.05) is 20.2 Å². The van der Waals surface area contributed by atoms with Gasteiger partial charge in [0.25, 0.3) is 0 Å². The van der Waals surface area contributed by atoms with Gasteiger partial charge in [0, 0.05) is 38.3 Å². The van der Waals surface area contributed by atoms with E-state index in [1.807, 2.05) is 36.1 Å². The monoisotopic (exact) mass is 341 g/mol. The zero-order chi connectivity index (χ0) is 17.6. The predicted octanol–water partition coefficient (Wildman–Crippen LogP) is 2.41. The molecule has 1 fully saturated rings.